The van der Waals surface area contributed by atoms with Crippen molar-refractivity contribution in [2.75, 3.05) is 0 Å². The van der Waals surface area contributed by atoms with Crippen LogP contribution in [0.3, 0.4) is 0 Å². The van der Waals surface area contributed by atoms with Crippen molar-refractivity contribution in [1.82, 2.24) is 14.5 Å². The highest BCUT2D eigenvalue weighted by molar-refractivity contribution is 6.30. The van der Waals surface area contributed by atoms with Gasteiger partial charge >= 0.3 is 6.61 Å². The molecule has 0 radical (unpaired) electrons. The molecule has 0 fully saturated rings. The summed E-state index contributed by atoms with van der Waals surface area (Å²) < 4.78 is 31.5. The van der Waals surface area contributed by atoms with Crippen LogP contribution in [0.5, 0.6) is 5.75 Å². The number of nitrogens with two attached hydrogens (primary N) is 1. The van der Waals surface area contributed by atoms with E-state index < -0.39 is 18.4 Å². The predicted molar refractivity (Wildman–Crippen MR) is 126 cm³/mol. The van der Waals surface area contributed by atoms with Crippen molar-refractivity contribution in [1.29, 1.82) is 0 Å². The number of Topliss-reactive ketones (excluding diaryl/α,β-unsaturated/α-hetero) is 1. The normalized spacial score (nSPS) is 15.3. The number of halogens is 2. The van der Waals surface area contributed by atoms with Crippen molar-refractivity contribution >= 4 is 34.4 Å². The minimum Gasteiger partial charge on any atom is -0.435 e. The lowest BCUT2D eigenvalue weighted by Gasteiger charge is -2.25. The number of primary amides is 1. The minimum atomic E-state index is -2.95. The summed E-state index contributed by atoms with van der Waals surface area (Å²) in [6.45, 7) is -2.95. The number of benzene rings is 2. The maximum Gasteiger partial charge on any atom is 0.387 e. The Hall–Kier alpha value is -4.40. The van der Waals surface area contributed by atoms with Crippen LogP contribution in [0.2, 0.25) is 0 Å². The standard InChI is InChI=1S/C26H20F2N4O3/c1-32-13-31-20-7-4-16(10-22(20)32)18-11-21-19(8-14(12-30-21)9-23(29)33)24(25(18)34)15-2-5-17(6-3-15)35-26(27)28/h2-8,10-13,24,26H,9H2,1H3,(H2,29,33). The van der Waals surface area contributed by atoms with Crippen LogP contribution in [-0.4, -0.2) is 32.8 Å². The van der Waals surface area contributed by atoms with Crippen LogP contribution in [-0.2, 0) is 23.1 Å². The predicted octanol–water partition coefficient (Wildman–Crippen LogP) is 3.85. The number of pyridine rings is 1. The lowest BCUT2D eigenvalue weighted by atomic mass is 9.77. The molecule has 5 rings (SSSR count). The lowest BCUT2D eigenvalue weighted by Crippen LogP contribution is -2.22. The molecule has 2 heterocycles. The first-order chi connectivity index (χ1) is 16.8. The SMILES string of the molecule is Cn1cnc2ccc(C3=Cc4ncc(CC(N)=O)cc4C(c4ccc(OC(F)F)cc4)C3=O)cc21. The number of nitrogens with zero attached hydrogens (tertiary/aromatic N) is 3. The first kappa shape index (κ1) is 22.4. The topological polar surface area (TPSA) is 100 Å². The van der Waals surface area contributed by atoms with Crippen LogP contribution in [0.15, 0.2) is 61.1 Å². The first-order valence-electron chi connectivity index (χ1n) is 10.8. The molecule has 0 bridgehead atoms. The van der Waals surface area contributed by atoms with Gasteiger partial charge in [0.2, 0.25) is 5.91 Å². The molecule has 1 amide bonds. The van der Waals surface area contributed by atoms with Crippen LogP contribution in [0.25, 0.3) is 22.7 Å². The fraction of sp³-hybridized carbons (Fsp3) is 0.154. The molecule has 4 aromatic rings. The minimum absolute atomic E-state index is 0.00902. The summed E-state index contributed by atoms with van der Waals surface area (Å²) >= 11 is 0. The van der Waals surface area contributed by atoms with E-state index in [1.54, 1.807) is 36.8 Å². The van der Waals surface area contributed by atoms with Gasteiger partial charge in [0.1, 0.15) is 5.75 Å². The highest BCUT2D eigenvalue weighted by atomic mass is 19.3. The number of allylic oxidation sites excluding steroid dienone is 1. The smallest absolute Gasteiger partial charge is 0.387 e. The molecule has 7 nitrogen and oxygen atoms in total. The Labute approximate surface area is 198 Å². The summed E-state index contributed by atoms with van der Waals surface area (Å²) in [5.74, 6) is -1.46. The van der Waals surface area contributed by atoms with Crippen molar-refractivity contribution in [3.05, 3.63) is 89.0 Å². The lowest BCUT2D eigenvalue weighted by molar-refractivity contribution is -0.117. The number of hydrogen-bond donors (Lipinski definition) is 1. The van der Waals surface area contributed by atoms with Gasteiger partial charge in [0.15, 0.2) is 5.78 Å². The van der Waals surface area contributed by atoms with Crippen LogP contribution >= 0.6 is 0 Å². The molecule has 0 saturated carbocycles. The van der Waals surface area contributed by atoms with E-state index in [1.807, 2.05) is 29.8 Å². The van der Waals surface area contributed by atoms with Gasteiger partial charge in [-0.2, -0.15) is 8.78 Å². The third kappa shape index (κ3) is 4.28. The molecule has 9 heteroatoms. The second-order valence-electron chi connectivity index (χ2n) is 8.32. The maximum absolute atomic E-state index is 13.9. The van der Waals surface area contributed by atoms with E-state index in [2.05, 4.69) is 14.7 Å². The van der Waals surface area contributed by atoms with Crippen LogP contribution in [0.4, 0.5) is 8.78 Å². The number of imidazole rings is 1. The number of rotatable bonds is 6. The Morgan fingerprint density at radius 1 is 1.14 bits per heavy atom. The van der Waals surface area contributed by atoms with Crippen molar-refractivity contribution in [2.45, 2.75) is 19.0 Å². The zero-order valence-corrected chi connectivity index (χ0v) is 18.6. The van der Waals surface area contributed by atoms with Crippen molar-refractivity contribution < 1.29 is 23.1 Å². The van der Waals surface area contributed by atoms with Gasteiger partial charge in [0.05, 0.1) is 35.4 Å². The summed E-state index contributed by atoms with van der Waals surface area (Å²) in [5, 5.41) is 0. The first-order valence-corrected chi connectivity index (χ1v) is 10.8. The zero-order valence-electron chi connectivity index (χ0n) is 18.6. The van der Waals surface area contributed by atoms with Gasteiger partial charge in [-0.25, -0.2) is 4.98 Å². The summed E-state index contributed by atoms with van der Waals surface area (Å²) in [5.41, 5.74) is 10.6. The number of ether oxygens (including phenoxy) is 1. The molecule has 1 atom stereocenters. The van der Waals surface area contributed by atoms with Gasteiger partial charge in [-0.1, -0.05) is 24.3 Å². The molecular formula is C26H20F2N4O3. The number of fused-ring (bicyclic) bond motifs is 2. The van der Waals surface area contributed by atoms with Crippen LogP contribution in [0.1, 0.15) is 33.9 Å². The number of aromatic nitrogens is 3. The molecule has 0 saturated heterocycles. The third-order valence-electron chi connectivity index (χ3n) is 5.98. The average molecular weight is 474 g/mol. The van der Waals surface area contributed by atoms with E-state index in [4.69, 9.17) is 5.73 Å². The van der Waals surface area contributed by atoms with Gasteiger partial charge in [0.25, 0.3) is 0 Å². The molecule has 1 aliphatic carbocycles. The number of amides is 1. The van der Waals surface area contributed by atoms with Crippen molar-refractivity contribution in [3.63, 3.8) is 0 Å². The Morgan fingerprint density at radius 3 is 2.63 bits per heavy atom. The average Bonchev–Trinajstić information content (AvgIpc) is 3.19. The van der Waals surface area contributed by atoms with Gasteiger partial charge < -0.3 is 15.0 Å². The molecule has 35 heavy (non-hydrogen) atoms. The molecule has 0 spiro atoms. The Balaban J connectivity index is 1.64. The fourth-order valence-corrected chi connectivity index (χ4v) is 4.38. The summed E-state index contributed by atoms with van der Waals surface area (Å²) in [6, 6.07) is 13.3. The number of hydrogen-bond acceptors (Lipinski definition) is 5. The molecule has 2 aromatic heterocycles. The molecular weight excluding hydrogens is 454 g/mol. The van der Waals surface area contributed by atoms with E-state index in [-0.39, 0.29) is 18.0 Å². The van der Waals surface area contributed by atoms with Crippen molar-refractivity contribution in [3.8, 4) is 5.75 Å². The van der Waals surface area contributed by atoms with E-state index >= 15 is 0 Å². The van der Waals surface area contributed by atoms with Crippen LogP contribution in [0, 0.1) is 0 Å². The van der Waals surface area contributed by atoms with Gasteiger partial charge in [-0.3, -0.25) is 14.6 Å². The second-order valence-corrected chi connectivity index (χ2v) is 8.32. The number of carbonyl (C=O) groups is 2. The van der Waals surface area contributed by atoms with E-state index in [0.717, 1.165) is 11.0 Å². The number of carbonyl (C=O) groups excluding carboxylic acids is 2. The maximum atomic E-state index is 13.9. The molecule has 1 aliphatic rings. The number of aryl methyl sites for hydroxylation is 1. The monoisotopic (exact) mass is 474 g/mol. The summed E-state index contributed by atoms with van der Waals surface area (Å²) in [6.07, 6.45) is 4.98. The van der Waals surface area contributed by atoms with Crippen LogP contribution < -0.4 is 10.5 Å². The van der Waals surface area contributed by atoms with Gasteiger partial charge in [-0.05, 0) is 52.6 Å². The quantitative estimate of drug-likeness (QED) is 0.458. The number of alkyl halides is 2. The molecule has 176 valence electrons. The fourth-order valence-electron chi connectivity index (χ4n) is 4.38. The van der Waals surface area contributed by atoms with E-state index in [9.17, 15) is 18.4 Å². The molecule has 2 N–H and O–H groups in total. The second kappa shape index (κ2) is 8.75. The molecule has 1 unspecified atom stereocenters. The Bertz CT molecular complexity index is 1490. The summed E-state index contributed by atoms with van der Waals surface area (Å²) in [7, 11) is 1.87. The molecule has 0 aliphatic heterocycles. The van der Waals surface area contributed by atoms with Gasteiger partial charge in [0, 0.05) is 18.8 Å². The van der Waals surface area contributed by atoms with Crippen molar-refractivity contribution in [2.24, 2.45) is 12.8 Å². The highest BCUT2D eigenvalue weighted by Gasteiger charge is 2.33. The van der Waals surface area contributed by atoms with Gasteiger partial charge in [-0.15, -0.1) is 0 Å². The number of ketones is 1. The third-order valence-corrected chi connectivity index (χ3v) is 5.98. The largest absolute Gasteiger partial charge is 0.435 e. The zero-order chi connectivity index (χ0) is 24.7. The Morgan fingerprint density at radius 2 is 1.91 bits per heavy atom. The Kier molecular flexibility index (Phi) is 5.60. The summed E-state index contributed by atoms with van der Waals surface area (Å²) in [4.78, 5) is 34.2. The molecule has 2 aromatic carbocycles. The van der Waals surface area contributed by atoms with E-state index in [1.165, 1.54) is 12.1 Å². The highest BCUT2D eigenvalue weighted by Crippen LogP contribution is 2.40. The van der Waals surface area contributed by atoms with E-state index in [0.29, 0.717) is 33.5 Å².